The molecule has 0 amide bonds. The molecule has 0 saturated carbocycles. The molecule has 0 radical (unpaired) electrons. The summed E-state index contributed by atoms with van der Waals surface area (Å²) in [5.41, 5.74) is 1.26. The number of rotatable bonds is 9. The summed E-state index contributed by atoms with van der Waals surface area (Å²) in [5, 5.41) is 3.57. The van der Waals surface area contributed by atoms with Gasteiger partial charge in [-0.3, -0.25) is 0 Å². The summed E-state index contributed by atoms with van der Waals surface area (Å²) in [7, 11) is 1.74. The highest BCUT2D eigenvalue weighted by Crippen LogP contribution is 2.27. The summed E-state index contributed by atoms with van der Waals surface area (Å²) in [6, 6.07) is 8.67. The van der Waals surface area contributed by atoms with E-state index in [1.807, 2.05) is 12.1 Å². The van der Waals surface area contributed by atoms with Crippen molar-refractivity contribution in [3.63, 3.8) is 0 Å². The zero-order valence-corrected chi connectivity index (χ0v) is 12.8. The van der Waals surface area contributed by atoms with Crippen LogP contribution in [0.4, 0.5) is 0 Å². The molecule has 1 aromatic carbocycles. The van der Waals surface area contributed by atoms with Crippen LogP contribution >= 0.6 is 0 Å². The fourth-order valence-electron chi connectivity index (χ4n) is 2.42. The van der Waals surface area contributed by atoms with Gasteiger partial charge in [0.15, 0.2) is 0 Å². The molecular formula is C16H28N2O. The normalized spacial score (nSPS) is 12.7. The van der Waals surface area contributed by atoms with E-state index in [0.717, 1.165) is 38.3 Å². The van der Waals surface area contributed by atoms with E-state index in [1.165, 1.54) is 5.56 Å². The van der Waals surface area contributed by atoms with Crippen LogP contribution in [-0.4, -0.2) is 38.2 Å². The first-order valence-corrected chi connectivity index (χ1v) is 7.35. The minimum atomic E-state index is 0.363. The van der Waals surface area contributed by atoms with Gasteiger partial charge in [-0.25, -0.2) is 0 Å². The van der Waals surface area contributed by atoms with E-state index in [0.29, 0.717) is 6.04 Å². The van der Waals surface area contributed by atoms with E-state index < -0.39 is 0 Å². The molecule has 0 bridgehead atoms. The minimum absolute atomic E-state index is 0.363. The van der Waals surface area contributed by atoms with E-state index >= 15 is 0 Å². The Morgan fingerprint density at radius 3 is 2.42 bits per heavy atom. The Hall–Kier alpha value is -1.06. The molecule has 1 atom stereocenters. The first-order valence-electron chi connectivity index (χ1n) is 7.35. The number of nitrogens with zero attached hydrogens (tertiary/aromatic N) is 1. The summed E-state index contributed by atoms with van der Waals surface area (Å²) in [5.74, 6) is 0.980. The van der Waals surface area contributed by atoms with Gasteiger partial charge in [-0.15, -0.1) is 0 Å². The van der Waals surface area contributed by atoms with Crippen LogP contribution < -0.4 is 10.1 Å². The van der Waals surface area contributed by atoms with Crippen molar-refractivity contribution in [2.24, 2.45) is 0 Å². The molecule has 0 heterocycles. The van der Waals surface area contributed by atoms with Crippen molar-refractivity contribution in [3.8, 4) is 5.75 Å². The Bertz CT molecular complexity index is 350. The zero-order valence-electron chi connectivity index (χ0n) is 12.8. The number of methoxy groups -OCH3 is 1. The first kappa shape index (κ1) is 16.0. The summed E-state index contributed by atoms with van der Waals surface area (Å²) in [6.45, 7) is 10.9. The van der Waals surface area contributed by atoms with E-state index in [1.54, 1.807) is 7.11 Å². The number of benzene rings is 1. The number of hydrogen-bond donors (Lipinski definition) is 1. The molecule has 1 unspecified atom stereocenters. The van der Waals surface area contributed by atoms with Gasteiger partial charge >= 0.3 is 0 Å². The minimum Gasteiger partial charge on any atom is -0.496 e. The number of para-hydroxylation sites is 1. The van der Waals surface area contributed by atoms with Crippen molar-refractivity contribution in [1.82, 2.24) is 10.2 Å². The van der Waals surface area contributed by atoms with E-state index in [-0.39, 0.29) is 0 Å². The molecular weight excluding hydrogens is 236 g/mol. The van der Waals surface area contributed by atoms with Crippen LogP contribution in [0, 0.1) is 0 Å². The molecule has 19 heavy (non-hydrogen) atoms. The maximum atomic E-state index is 5.48. The van der Waals surface area contributed by atoms with Gasteiger partial charge in [0.2, 0.25) is 0 Å². The molecule has 3 heteroatoms. The molecule has 108 valence electrons. The number of nitrogens with one attached hydrogen (secondary N) is 1. The number of hydrogen-bond acceptors (Lipinski definition) is 3. The summed E-state index contributed by atoms with van der Waals surface area (Å²) in [4.78, 5) is 2.46. The second kappa shape index (κ2) is 8.94. The standard InChI is InChI=1S/C16H28N2O/c1-5-17-15(12-13-18(6-2)7-3)14-10-8-9-11-16(14)19-4/h8-11,15,17H,5-7,12-13H2,1-4H3. The van der Waals surface area contributed by atoms with Crippen LogP contribution in [0.5, 0.6) is 5.75 Å². The molecule has 0 aromatic heterocycles. The number of ether oxygens (including phenoxy) is 1. The maximum absolute atomic E-state index is 5.48. The predicted molar refractivity (Wildman–Crippen MR) is 81.8 cm³/mol. The Morgan fingerprint density at radius 2 is 1.84 bits per heavy atom. The molecule has 1 rings (SSSR count). The lowest BCUT2D eigenvalue weighted by Gasteiger charge is -2.24. The van der Waals surface area contributed by atoms with Gasteiger partial charge in [0.1, 0.15) is 5.75 Å². The maximum Gasteiger partial charge on any atom is 0.123 e. The lowest BCUT2D eigenvalue weighted by atomic mass is 10.0. The molecule has 0 aliphatic heterocycles. The second-order valence-corrected chi connectivity index (χ2v) is 4.67. The van der Waals surface area contributed by atoms with Gasteiger partial charge < -0.3 is 15.0 Å². The Labute approximate surface area is 118 Å². The molecule has 0 saturated heterocycles. The third kappa shape index (κ3) is 4.84. The van der Waals surface area contributed by atoms with Crippen molar-refractivity contribution in [2.45, 2.75) is 33.2 Å². The van der Waals surface area contributed by atoms with Crippen molar-refractivity contribution in [1.29, 1.82) is 0 Å². The largest absolute Gasteiger partial charge is 0.496 e. The summed E-state index contributed by atoms with van der Waals surface area (Å²) >= 11 is 0. The van der Waals surface area contributed by atoms with Gasteiger partial charge in [-0.05, 0) is 38.7 Å². The van der Waals surface area contributed by atoms with Crippen molar-refractivity contribution < 1.29 is 4.74 Å². The fourth-order valence-corrected chi connectivity index (χ4v) is 2.42. The fraction of sp³-hybridized carbons (Fsp3) is 0.625. The van der Waals surface area contributed by atoms with Crippen LogP contribution in [0.15, 0.2) is 24.3 Å². The highest BCUT2D eigenvalue weighted by Gasteiger charge is 2.15. The molecule has 3 nitrogen and oxygen atoms in total. The van der Waals surface area contributed by atoms with E-state index in [2.05, 4.69) is 43.1 Å². The lowest BCUT2D eigenvalue weighted by Crippen LogP contribution is -2.29. The molecule has 0 fully saturated rings. The molecule has 0 aliphatic rings. The zero-order chi connectivity index (χ0) is 14.1. The highest BCUT2D eigenvalue weighted by atomic mass is 16.5. The Kier molecular flexibility index (Phi) is 7.53. The van der Waals surface area contributed by atoms with Gasteiger partial charge in [0.05, 0.1) is 7.11 Å². The topological polar surface area (TPSA) is 24.5 Å². The van der Waals surface area contributed by atoms with Crippen LogP contribution in [0.3, 0.4) is 0 Å². The van der Waals surface area contributed by atoms with Crippen molar-refractivity contribution in [2.75, 3.05) is 33.3 Å². The second-order valence-electron chi connectivity index (χ2n) is 4.67. The third-order valence-electron chi connectivity index (χ3n) is 3.59. The van der Waals surface area contributed by atoms with Crippen LogP contribution in [-0.2, 0) is 0 Å². The summed E-state index contributed by atoms with van der Waals surface area (Å²) < 4.78 is 5.48. The molecule has 0 aliphatic carbocycles. The third-order valence-corrected chi connectivity index (χ3v) is 3.59. The van der Waals surface area contributed by atoms with Gasteiger partial charge in [0.25, 0.3) is 0 Å². The highest BCUT2D eigenvalue weighted by molar-refractivity contribution is 5.35. The van der Waals surface area contributed by atoms with Gasteiger partial charge in [-0.2, -0.15) is 0 Å². The van der Waals surface area contributed by atoms with Crippen molar-refractivity contribution >= 4 is 0 Å². The average molecular weight is 264 g/mol. The van der Waals surface area contributed by atoms with E-state index in [4.69, 9.17) is 4.74 Å². The summed E-state index contributed by atoms with van der Waals surface area (Å²) in [6.07, 6.45) is 1.11. The van der Waals surface area contributed by atoms with Crippen LogP contribution in [0.1, 0.15) is 38.8 Å². The molecule has 0 spiro atoms. The SMILES string of the molecule is CCNC(CCN(CC)CC)c1ccccc1OC. The Morgan fingerprint density at radius 1 is 1.16 bits per heavy atom. The van der Waals surface area contributed by atoms with E-state index in [9.17, 15) is 0 Å². The Balaban J connectivity index is 2.75. The van der Waals surface area contributed by atoms with Crippen molar-refractivity contribution in [3.05, 3.63) is 29.8 Å². The van der Waals surface area contributed by atoms with Gasteiger partial charge in [-0.1, -0.05) is 39.0 Å². The molecule has 1 N–H and O–H groups in total. The predicted octanol–water partition coefficient (Wildman–Crippen LogP) is 3.08. The van der Waals surface area contributed by atoms with Crippen LogP contribution in [0.2, 0.25) is 0 Å². The van der Waals surface area contributed by atoms with Gasteiger partial charge in [0, 0.05) is 11.6 Å². The van der Waals surface area contributed by atoms with Crippen LogP contribution in [0.25, 0.3) is 0 Å². The average Bonchev–Trinajstić information content (AvgIpc) is 2.47. The smallest absolute Gasteiger partial charge is 0.123 e. The monoisotopic (exact) mass is 264 g/mol. The quantitative estimate of drug-likeness (QED) is 0.742. The molecule has 1 aromatic rings. The first-order chi connectivity index (χ1) is 9.26. The lowest BCUT2D eigenvalue weighted by molar-refractivity contribution is 0.280.